The zero-order valence-corrected chi connectivity index (χ0v) is 15.3. The minimum Gasteiger partial charge on any atom is -0.350 e. The van der Waals surface area contributed by atoms with Crippen LogP contribution in [0.25, 0.3) is 0 Å². The second-order valence-electron chi connectivity index (χ2n) is 5.29. The Bertz CT molecular complexity index is 767. The first-order valence-corrected chi connectivity index (χ1v) is 8.34. The quantitative estimate of drug-likeness (QED) is 0.436. The van der Waals surface area contributed by atoms with Gasteiger partial charge in [0.15, 0.2) is 0 Å². The first-order chi connectivity index (χ1) is 11.3. The lowest BCUT2D eigenvalue weighted by Gasteiger charge is -2.05. The lowest BCUT2D eigenvalue weighted by Crippen LogP contribution is -2.26. The van der Waals surface area contributed by atoms with Crippen molar-refractivity contribution in [2.24, 2.45) is 0 Å². The highest BCUT2D eigenvalue weighted by Crippen LogP contribution is 2.20. The fourth-order valence-electron chi connectivity index (χ4n) is 2.28. The predicted octanol–water partition coefficient (Wildman–Crippen LogP) is 2.21. The molecule has 2 aromatic rings. The molecule has 0 aliphatic heterocycles. The monoisotopic (exact) mass is 398 g/mol. The van der Waals surface area contributed by atoms with Crippen LogP contribution in [0.1, 0.15) is 35.2 Å². The summed E-state index contributed by atoms with van der Waals surface area (Å²) in [7, 11) is 0. The number of hydrogen-bond acceptors (Lipinski definition) is 5. The van der Waals surface area contributed by atoms with E-state index in [0.717, 1.165) is 15.9 Å². The molecule has 1 amide bonds. The number of aromatic nitrogens is 4. The summed E-state index contributed by atoms with van der Waals surface area (Å²) >= 11 is 3.47. The third-order valence-electron chi connectivity index (χ3n) is 3.60. The highest BCUT2D eigenvalue weighted by Gasteiger charge is 2.24. The summed E-state index contributed by atoms with van der Waals surface area (Å²) < 4.78 is 4.22. The predicted molar refractivity (Wildman–Crippen MR) is 90.9 cm³/mol. The Balaban J connectivity index is 1.93. The summed E-state index contributed by atoms with van der Waals surface area (Å²) in [4.78, 5) is 22.5. The summed E-state index contributed by atoms with van der Waals surface area (Å²) in [5.41, 5.74) is 1.50. The van der Waals surface area contributed by atoms with E-state index in [1.807, 2.05) is 18.5 Å². The van der Waals surface area contributed by atoms with Crippen LogP contribution in [-0.2, 0) is 13.1 Å². The molecule has 0 saturated carbocycles. The van der Waals surface area contributed by atoms with Gasteiger partial charge in [0.25, 0.3) is 5.91 Å². The van der Waals surface area contributed by atoms with Crippen molar-refractivity contribution in [3.63, 3.8) is 0 Å². The van der Waals surface area contributed by atoms with Gasteiger partial charge in [-0.3, -0.25) is 24.3 Å². The number of hydrogen-bond donors (Lipinski definition) is 1. The Morgan fingerprint density at radius 2 is 2.12 bits per heavy atom. The van der Waals surface area contributed by atoms with Crippen LogP contribution in [0.5, 0.6) is 0 Å². The van der Waals surface area contributed by atoms with Crippen LogP contribution < -0.4 is 5.32 Å². The van der Waals surface area contributed by atoms with Crippen molar-refractivity contribution in [2.45, 2.75) is 40.3 Å². The fraction of sp³-hybridized carbons (Fsp3) is 0.500. The molecule has 0 spiro atoms. The van der Waals surface area contributed by atoms with E-state index in [-0.39, 0.29) is 11.4 Å². The molecule has 0 atom stereocenters. The summed E-state index contributed by atoms with van der Waals surface area (Å²) in [5.74, 6) is -0.538. The van der Waals surface area contributed by atoms with E-state index in [2.05, 4.69) is 31.4 Å². The van der Waals surface area contributed by atoms with Gasteiger partial charge in [-0.15, -0.1) is 0 Å². The number of carbonyl (C=O) groups is 1. The molecule has 2 aromatic heterocycles. The fourth-order valence-corrected chi connectivity index (χ4v) is 2.56. The molecule has 0 unspecified atom stereocenters. The molecule has 0 fully saturated rings. The minimum atomic E-state index is -0.596. The van der Waals surface area contributed by atoms with Gasteiger partial charge in [0.05, 0.1) is 15.1 Å². The van der Waals surface area contributed by atoms with Crippen LogP contribution >= 0.6 is 15.9 Å². The van der Waals surface area contributed by atoms with Crippen molar-refractivity contribution >= 4 is 27.5 Å². The number of rotatable bonds is 7. The Morgan fingerprint density at radius 3 is 2.67 bits per heavy atom. The zero-order valence-electron chi connectivity index (χ0n) is 13.7. The summed E-state index contributed by atoms with van der Waals surface area (Å²) in [6.07, 6.45) is 1.92. The number of amides is 1. The molecule has 0 aromatic carbocycles. The molecule has 10 heteroatoms. The van der Waals surface area contributed by atoms with Gasteiger partial charge in [-0.05, 0) is 43.1 Å². The van der Waals surface area contributed by atoms with Crippen molar-refractivity contribution in [1.82, 2.24) is 24.9 Å². The lowest BCUT2D eigenvalue weighted by atomic mass is 10.3. The second-order valence-corrected chi connectivity index (χ2v) is 6.09. The number of halogens is 1. The molecule has 1 N–H and O–H groups in total. The maximum Gasteiger partial charge on any atom is 0.320 e. The normalized spacial score (nSPS) is 10.8. The first kappa shape index (κ1) is 18.1. The van der Waals surface area contributed by atoms with Gasteiger partial charge < -0.3 is 5.32 Å². The maximum atomic E-state index is 12.1. The van der Waals surface area contributed by atoms with Crippen LogP contribution in [0.2, 0.25) is 0 Å². The molecule has 9 nitrogen and oxygen atoms in total. The van der Waals surface area contributed by atoms with Gasteiger partial charge >= 0.3 is 5.69 Å². The van der Waals surface area contributed by atoms with Crippen molar-refractivity contribution in [3.05, 3.63) is 37.9 Å². The van der Waals surface area contributed by atoms with E-state index >= 15 is 0 Å². The van der Waals surface area contributed by atoms with Gasteiger partial charge in [0.2, 0.25) is 5.69 Å². The largest absolute Gasteiger partial charge is 0.350 e. The Hall–Kier alpha value is -2.23. The molecule has 0 saturated heterocycles. The van der Waals surface area contributed by atoms with Crippen LogP contribution in [0, 0.1) is 24.0 Å². The summed E-state index contributed by atoms with van der Waals surface area (Å²) in [6, 6.07) is 0. The van der Waals surface area contributed by atoms with Crippen LogP contribution in [0.15, 0.2) is 10.7 Å². The van der Waals surface area contributed by atoms with Crippen molar-refractivity contribution in [3.8, 4) is 0 Å². The standard InChI is InChI=1S/C14H19BrN6O3/c1-4-19-8-11(21(23)24)13(18-19)14(22)16-6-5-7-20-10(3)12(15)9(2)17-20/h8H,4-7H2,1-3H3,(H,16,22). The molecule has 0 radical (unpaired) electrons. The van der Waals surface area contributed by atoms with Crippen molar-refractivity contribution in [1.29, 1.82) is 0 Å². The highest BCUT2D eigenvalue weighted by molar-refractivity contribution is 9.10. The minimum absolute atomic E-state index is 0.157. The SMILES string of the molecule is CCn1cc([N+](=O)[O-])c(C(=O)NCCCn2nc(C)c(Br)c2C)n1. The third-order valence-corrected chi connectivity index (χ3v) is 4.75. The topological polar surface area (TPSA) is 108 Å². The number of aryl methyl sites for hydroxylation is 3. The Labute approximate surface area is 147 Å². The van der Waals surface area contributed by atoms with Gasteiger partial charge in [-0.25, -0.2) is 0 Å². The first-order valence-electron chi connectivity index (χ1n) is 7.54. The lowest BCUT2D eigenvalue weighted by molar-refractivity contribution is -0.385. The summed E-state index contributed by atoms with van der Waals surface area (Å²) in [6.45, 7) is 7.16. The van der Waals surface area contributed by atoms with Crippen LogP contribution in [0.4, 0.5) is 5.69 Å². The smallest absolute Gasteiger partial charge is 0.320 e. The van der Waals surface area contributed by atoms with E-state index in [4.69, 9.17) is 0 Å². The number of nitrogens with one attached hydrogen (secondary N) is 1. The molecule has 0 aliphatic rings. The van der Waals surface area contributed by atoms with Gasteiger partial charge in [0, 0.05) is 25.3 Å². The van der Waals surface area contributed by atoms with E-state index < -0.39 is 10.8 Å². The van der Waals surface area contributed by atoms with E-state index in [0.29, 0.717) is 26.1 Å². The molecular weight excluding hydrogens is 380 g/mol. The van der Waals surface area contributed by atoms with E-state index in [1.54, 1.807) is 6.92 Å². The summed E-state index contributed by atoms with van der Waals surface area (Å²) in [5, 5.41) is 22.0. The van der Waals surface area contributed by atoms with Crippen LogP contribution in [0.3, 0.4) is 0 Å². The average molecular weight is 399 g/mol. The van der Waals surface area contributed by atoms with Crippen molar-refractivity contribution in [2.75, 3.05) is 6.54 Å². The van der Waals surface area contributed by atoms with Gasteiger partial charge in [0.1, 0.15) is 6.20 Å². The number of carbonyl (C=O) groups excluding carboxylic acids is 1. The number of nitro groups is 1. The second kappa shape index (κ2) is 7.56. The maximum absolute atomic E-state index is 12.1. The molecule has 24 heavy (non-hydrogen) atoms. The molecule has 0 bridgehead atoms. The molecule has 130 valence electrons. The van der Waals surface area contributed by atoms with E-state index in [1.165, 1.54) is 10.9 Å². The molecular formula is C14H19BrN6O3. The highest BCUT2D eigenvalue weighted by atomic mass is 79.9. The van der Waals surface area contributed by atoms with Crippen molar-refractivity contribution < 1.29 is 9.72 Å². The molecule has 2 rings (SSSR count). The third kappa shape index (κ3) is 3.81. The van der Waals surface area contributed by atoms with E-state index in [9.17, 15) is 14.9 Å². The Kier molecular flexibility index (Phi) is 5.71. The van der Waals surface area contributed by atoms with Gasteiger partial charge in [-0.1, -0.05) is 0 Å². The zero-order chi connectivity index (χ0) is 17.9. The molecule has 0 aliphatic carbocycles. The molecule has 2 heterocycles. The van der Waals surface area contributed by atoms with Gasteiger partial charge in [-0.2, -0.15) is 10.2 Å². The van der Waals surface area contributed by atoms with Crippen LogP contribution in [-0.4, -0.2) is 36.9 Å². The Morgan fingerprint density at radius 1 is 1.42 bits per heavy atom. The average Bonchev–Trinajstić information content (AvgIpc) is 3.09. The number of nitrogens with zero attached hydrogens (tertiary/aromatic N) is 5.